The van der Waals surface area contributed by atoms with Crippen LogP contribution in [0.25, 0.3) is 6.08 Å². The molecule has 1 fully saturated rings. The number of carboxylic acids is 1. The smallest absolute Gasteiger partial charge is 0.328 e. The van der Waals surface area contributed by atoms with Crippen LogP contribution in [0.3, 0.4) is 0 Å². The minimum Gasteiger partial charge on any atom is -0.478 e. The maximum absolute atomic E-state index is 12.2. The zero-order valence-corrected chi connectivity index (χ0v) is 12.4. The number of carbonyl (C=O) groups excluding carboxylic acids is 1. The van der Waals surface area contributed by atoms with Gasteiger partial charge >= 0.3 is 5.97 Å². The fourth-order valence-electron chi connectivity index (χ4n) is 2.77. The number of hydrogen-bond donors (Lipinski definition) is 2. The van der Waals surface area contributed by atoms with Gasteiger partial charge in [-0.1, -0.05) is 13.0 Å². The van der Waals surface area contributed by atoms with Crippen molar-refractivity contribution in [1.82, 2.24) is 5.32 Å². The van der Waals surface area contributed by atoms with E-state index in [1.165, 1.54) is 12.5 Å². The molecule has 0 saturated heterocycles. The van der Waals surface area contributed by atoms with Gasteiger partial charge in [0.15, 0.2) is 0 Å². The number of nitrogens with one attached hydrogen (secondary N) is 1. The molecular weight excluding hydrogens is 266 g/mol. The second-order valence-corrected chi connectivity index (χ2v) is 5.83. The molecule has 1 aromatic carbocycles. The topological polar surface area (TPSA) is 66.4 Å². The van der Waals surface area contributed by atoms with Gasteiger partial charge in [0.2, 0.25) is 0 Å². The van der Waals surface area contributed by atoms with Gasteiger partial charge in [0.25, 0.3) is 5.91 Å². The van der Waals surface area contributed by atoms with Crippen LogP contribution >= 0.6 is 0 Å². The highest BCUT2D eigenvalue weighted by molar-refractivity contribution is 5.95. The molecule has 0 heterocycles. The number of benzene rings is 1. The maximum Gasteiger partial charge on any atom is 0.328 e. The van der Waals surface area contributed by atoms with E-state index in [1.807, 2.05) is 6.92 Å². The Hall–Kier alpha value is -2.10. The van der Waals surface area contributed by atoms with Crippen molar-refractivity contribution in [2.45, 2.75) is 39.2 Å². The zero-order valence-electron chi connectivity index (χ0n) is 12.4. The van der Waals surface area contributed by atoms with Crippen LogP contribution in [0.15, 0.2) is 24.3 Å². The minimum absolute atomic E-state index is 0.0500. The predicted octanol–water partition coefficient (Wildman–Crippen LogP) is 3.01. The van der Waals surface area contributed by atoms with E-state index in [4.69, 9.17) is 5.11 Å². The first-order valence-electron chi connectivity index (χ1n) is 7.28. The van der Waals surface area contributed by atoms with Crippen LogP contribution in [0, 0.1) is 12.8 Å². The Labute approximate surface area is 124 Å². The Morgan fingerprint density at radius 2 is 2.10 bits per heavy atom. The lowest BCUT2D eigenvalue weighted by Gasteiger charge is -2.13. The largest absolute Gasteiger partial charge is 0.478 e. The summed E-state index contributed by atoms with van der Waals surface area (Å²) in [5, 5.41) is 11.7. The molecule has 4 nitrogen and oxygen atoms in total. The van der Waals surface area contributed by atoms with E-state index in [0.717, 1.165) is 30.0 Å². The first-order valence-corrected chi connectivity index (χ1v) is 7.28. The van der Waals surface area contributed by atoms with Crippen molar-refractivity contribution in [2.24, 2.45) is 5.92 Å². The van der Waals surface area contributed by atoms with E-state index in [1.54, 1.807) is 18.2 Å². The molecule has 0 radical (unpaired) electrons. The van der Waals surface area contributed by atoms with Gasteiger partial charge in [0.05, 0.1) is 0 Å². The third-order valence-corrected chi connectivity index (χ3v) is 3.97. The molecule has 1 aliphatic rings. The third-order valence-electron chi connectivity index (χ3n) is 3.97. The van der Waals surface area contributed by atoms with Crippen LogP contribution in [0.5, 0.6) is 0 Å². The number of aryl methyl sites for hydroxylation is 1. The fourth-order valence-corrected chi connectivity index (χ4v) is 2.77. The summed E-state index contributed by atoms with van der Waals surface area (Å²) >= 11 is 0. The molecule has 2 atom stereocenters. The Bertz CT molecular complexity index is 577. The van der Waals surface area contributed by atoms with Crippen LogP contribution in [0.4, 0.5) is 0 Å². The highest BCUT2D eigenvalue weighted by Crippen LogP contribution is 2.25. The van der Waals surface area contributed by atoms with Crippen LogP contribution in [0.2, 0.25) is 0 Å². The van der Waals surface area contributed by atoms with E-state index >= 15 is 0 Å². The average molecular weight is 287 g/mol. The number of carboxylic acid groups (broad SMARTS) is 1. The minimum atomic E-state index is -0.980. The van der Waals surface area contributed by atoms with Crippen molar-refractivity contribution in [3.63, 3.8) is 0 Å². The van der Waals surface area contributed by atoms with Crippen molar-refractivity contribution in [2.75, 3.05) is 0 Å². The Morgan fingerprint density at radius 3 is 2.67 bits per heavy atom. The van der Waals surface area contributed by atoms with E-state index in [9.17, 15) is 9.59 Å². The van der Waals surface area contributed by atoms with Gasteiger partial charge in [-0.15, -0.1) is 0 Å². The molecule has 4 heteroatoms. The SMILES string of the molecule is Cc1cc(C(=O)NC2CCC(C)C2)ccc1/C=C/C(=O)O. The van der Waals surface area contributed by atoms with Gasteiger partial charge in [0.1, 0.15) is 0 Å². The standard InChI is InChI=1S/C17H21NO3/c1-11-3-7-15(9-11)18-17(21)14-5-4-13(12(2)10-14)6-8-16(19)20/h4-6,8,10-11,15H,3,7,9H2,1-2H3,(H,18,21)(H,19,20)/b8-6+. The van der Waals surface area contributed by atoms with Gasteiger partial charge in [-0.25, -0.2) is 4.79 Å². The molecule has 0 aliphatic heterocycles. The van der Waals surface area contributed by atoms with E-state index in [-0.39, 0.29) is 11.9 Å². The summed E-state index contributed by atoms with van der Waals surface area (Å²) in [5.41, 5.74) is 2.32. The second kappa shape index (κ2) is 6.57. The van der Waals surface area contributed by atoms with Crippen molar-refractivity contribution in [1.29, 1.82) is 0 Å². The molecule has 0 aromatic heterocycles. The molecule has 1 saturated carbocycles. The van der Waals surface area contributed by atoms with Crippen LogP contribution in [-0.4, -0.2) is 23.0 Å². The molecular formula is C17H21NO3. The van der Waals surface area contributed by atoms with Gasteiger partial charge in [0, 0.05) is 17.7 Å². The van der Waals surface area contributed by atoms with Gasteiger partial charge < -0.3 is 10.4 Å². The molecule has 0 bridgehead atoms. The summed E-state index contributed by atoms with van der Waals surface area (Å²) in [6.07, 6.45) is 5.90. The number of amides is 1. The molecule has 1 aromatic rings. The van der Waals surface area contributed by atoms with Crippen molar-refractivity contribution < 1.29 is 14.7 Å². The number of carbonyl (C=O) groups is 2. The van der Waals surface area contributed by atoms with Gasteiger partial charge in [-0.3, -0.25) is 4.79 Å². The number of rotatable bonds is 4. The monoisotopic (exact) mass is 287 g/mol. The normalized spacial score (nSPS) is 21.6. The lowest BCUT2D eigenvalue weighted by atomic mass is 10.0. The van der Waals surface area contributed by atoms with Gasteiger partial charge in [-0.2, -0.15) is 0 Å². The van der Waals surface area contributed by atoms with Crippen LogP contribution < -0.4 is 5.32 Å². The van der Waals surface area contributed by atoms with Crippen molar-refractivity contribution in [3.05, 3.63) is 41.0 Å². The number of aliphatic carboxylic acids is 1. The summed E-state index contributed by atoms with van der Waals surface area (Å²) in [6, 6.07) is 5.60. The van der Waals surface area contributed by atoms with Crippen molar-refractivity contribution >= 4 is 18.0 Å². The lowest BCUT2D eigenvalue weighted by Crippen LogP contribution is -2.32. The Kier molecular flexibility index (Phi) is 4.78. The molecule has 112 valence electrons. The fraction of sp³-hybridized carbons (Fsp3) is 0.412. The van der Waals surface area contributed by atoms with Crippen molar-refractivity contribution in [3.8, 4) is 0 Å². The molecule has 1 amide bonds. The molecule has 2 N–H and O–H groups in total. The average Bonchev–Trinajstić information content (AvgIpc) is 2.82. The quantitative estimate of drug-likeness (QED) is 0.837. The highest BCUT2D eigenvalue weighted by Gasteiger charge is 2.23. The van der Waals surface area contributed by atoms with Crippen LogP contribution in [0.1, 0.15) is 47.7 Å². The van der Waals surface area contributed by atoms with E-state index in [0.29, 0.717) is 11.5 Å². The first-order chi connectivity index (χ1) is 9.95. The number of hydrogen-bond acceptors (Lipinski definition) is 2. The van der Waals surface area contributed by atoms with E-state index < -0.39 is 5.97 Å². The first kappa shape index (κ1) is 15.3. The summed E-state index contributed by atoms with van der Waals surface area (Å²) in [6.45, 7) is 4.08. The zero-order chi connectivity index (χ0) is 15.4. The molecule has 2 rings (SSSR count). The lowest BCUT2D eigenvalue weighted by molar-refractivity contribution is -0.131. The molecule has 0 spiro atoms. The summed E-state index contributed by atoms with van der Waals surface area (Å²) in [5.74, 6) is -0.349. The van der Waals surface area contributed by atoms with Crippen LogP contribution in [-0.2, 0) is 4.79 Å². The Morgan fingerprint density at radius 1 is 1.33 bits per heavy atom. The summed E-state index contributed by atoms with van der Waals surface area (Å²) < 4.78 is 0. The third kappa shape index (κ3) is 4.18. The summed E-state index contributed by atoms with van der Waals surface area (Å²) in [7, 11) is 0. The maximum atomic E-state index is 12.2. The second-order valence-electron chi connectivity index (χ2n) is 5.83. The molecule has 21 heavy (non-hydrogen) atoms. The molecule has 2 unspecified atom stereocenters. The predicted molar refractivity (Wildman–Crippen MR) is 82.1 cm³/mol. The molecule has 1 aliphatic carbocycles. The van der Waals surface area contributed by atoms with Gasteiger partial charge in [-0.05, 0) is 61.4 Å². The Balaban J connectivity index is 2.05. The van der Waals surface area contributed by atoms with E-state index in [2.05, 4.69) is 12.2 Å². The summed E-state index contributed by atoms with van der Waals surface area (Å²) in [4.78, 5) is 22.7. The highest BCUT2D eigenvalue weighted by atomic mass is 16.4.